The van der Waals surface area contributed by atoms with Gasteiger partial charge in [-0.15, -0.1) is 0 Å². The van der Waals surface area contributed by atoms with Crippen molar-refractivity contribution in [3.05, 3.63) is 47.0 Å². The van der Waals surface area contributed by atoms with Crippen LogP contribution < -0.4 is 14.4 Å². The number of hydrogen-bond acceptors (Lipinski definition) is 4. The van der Waals surface area contributed by atoms with Gasteiger partial charge >= 0.3 is 0 Å². The lowest BCUT2D eigenvalue weighted by Gasteiger charge is -2.29. The minimum absolute atomic E-state index is 0.0516. The SMILES string of the molecule is CCCCN1C(=O)CCc2cc(NS(=O)(=O)c3ccc(OC)c(Cl)c3)ccc21. The summed E-state index contributed by atoms with van der Waals surface area (Å²) < 4.78 is 33.1. The molecule has 1 heterocycles. The van der Waals surface area contributed by atoms with Crippen LogP contribution in [0.25, 0.3) is 0 Å². The molecule has 0 saturated carbocycles. The molecule has 0 radical (unpaired) electrons. The molecule has 0 unspecified atom stereocenters. The number of nitrogens with one attached hydrogen (secondary N) is 1. The summed E-state index contributed by atoms with van der Waals surface area (Å²) in [6.45, 7) is 2.76. The fourth-order valence-corrected chi connectivity index (χ4v) is 4.61. The molecule has 6 nitrogen and oxygen atoms in total. The Kier molecular flexibility index (Phi) is 6.15. The van der Waals surface area contributed by atoms with Gasteiger partial charge in [-0.3, -0.25) is 9.52 Å². The first-order valence-electron chi connectivity index (χ1n) is 9.15. The first-order chi connectivity index (χ1) is 13.4. The summed E-state index contributed by atoms with van der Waals surface area (Å²) in [6.07, 6.45) is 2.96. The zero-order valence-electron chi connectivity index (χ0n) is 15.9. The fourth-order valence-electron chi connectivity index (χ4n) is 3.21. The minimum atomic E-state index is -3.80. The van der Waals surface area contributed by atoms with E-state index in [-0.39, 0.29) is 15.8 Å². The van der Waals surface area contributed by atoms with Gasteiger partial charge in [-0.1, -0.05) is 24.9 Å². The van der Waals surface area contributed by atoms with Crippen LogP contribution in [0.15, 0.2) is 41.3 Å². The number of rotatable bonds is 7. The number of sulfonamides is 1. The van der Waals surface area contributed by atoms with Gasteiger partial charge in [-0.05, 0) is 54.8 Å². The number of fused-ring (bicyclic) bond motifs is 1. The zero-order chi connectivity index (χ0) is 20.3. The lowest BCUT2D eigenvalue weighted by molar-refractivity contribution is -0.118. The van der Waals surface area contributed by atoms with Crippen LogP contribution in [0, 0.1) is 0 Å². The average Bonchev–Trinajstić information content (AvgIpc) is 2.67. The van der Waals surface area contributed by atoms with Gasteiger partial charge in [-0.2, -0.15) is 0 Å². The molecule has 0 aliphatic carbocycles. The molecule has 3 rings (SSSR count). The molecule has 0 spiro atoms. The Labute approximate surface area is 170 Å². The van der Waals surface area contributed by atoms with Crippen molar-refractivity contribution in [1.29, 1.82) is 0 Å². The Morgan fingerprint density at radius 1 is 1.18 bits per heavy atom. The number of methoxy groups -OCH3 is 1. The average molecular weight is 423 g/mol. The van der Waals surface area contributed by atoms with Crippen LogP contribution in [0.2, 0.25) is 5.02 Å². The lowest BCUT2D eigenvalue weighted by atomic mass is 10.00. The van der Waals surface area contributed by atoms with E-state index in [0.717, 1.165) is 24.1 Å². The van der Waals surface area contributed by atoms with Gasteiger partial charge in [0.05, 0.1) is 17.0 Å². The normalized spacial score (nSPS) is 14.0. The number of nitrogens with zero attached hydrogens (tertiary/aromatic N) is 1. The van der Waals surface area contributed by atoms with Gasteiger partial charge in [0.25, 0.3) is 10.0 Å². The van der Waals surface area contributed by atoms with E-state index in [1.165, 1.54) is 25.3 Å². The van der Waals surface area contributed by atoms with E-state index in [0.29, 0.717) is 30.8 Å². The quantitative estimate of drug-likeness (QED) is 0.724. The Hall–Kier alpha value is -2.25. The summed E-state index contributed by atoms with van der Waals surface area (Å²) in [4.78, 5) is 14.1. The molecule has 150 valence electrons. The molecule has 2 aromatic rings. The molecule has 0 aromatic heterocycles. The van der Waals surface area contributed by atoms with Crippen LogP contribution in [-0.4, -0.2) is 28.0 Å². The van der Waals surface area contributed by atoms with Crippen molar-refractivity contribution in [3.63, 3.8) is 0 Å². The van der Waals surface area contributed by atoms with Gasteiger partial charge in [0.15, 0.2) is 0 Å². The van der Waals surface area contributed by atoms with Crippen LogP contribution in [-0.2, 0) is 21.2 Å². The molecule has 0 saturated heterocycles. The molecule has 1 N–H and O–H groups in total. The third-order valence-electron chi connectivity index (χ3n) is 4.70. The summed E-state index contributed by atoms with van der Waals surface area (Å²) in [7, 11) is -2.33. The van der Waals surface area contributed by atoms with Crippen LogP contribution >= 0.6 is 11.6 Å². The third-order valence-corrected chi connectivity index (χ3v) is 6.37. The maximum absolute atomic E-state index is 12.7. The summed E-state index contributed by atoms with van der Waals surface area (Å²) in [5, 5.41) is 0.223. The van der Waals surface area contributed by atoms with Crippen molar-refractivity contribution in [2.75, 3.05) is 23.3 Å². The molecule has 1 aliphatic rings. The maximum atomic E-state index is 12.7. The number of carbonyl (C=O) groups is 1. The highest BCUT2D eigenvalue weighted by molar-refractivity contribution is 7.92. The van der Waals surface area contributed by atoms with Crippen molar-refractivity contribution in [3.8, 4) is 5.75 Å². The van der Waals surface area contributed by atoms with Crippen LogP contribution in [0.1, 0.15) is 31.7 Å². The van der Waals surface area contributed by atoms with Crippen LogP contribution in [0.5, 0.6) is 5.75 Å². The Morgan fingerprint density at radius 2 is 1.96 bits per heavy atom. The second kappa shape index (κ2) is 8.41. The molecule has 0 atom stereocenters. The molecule has 1 amide bonds. The third kappa shape index (κ3) is 4.25. The largest absolute Gasteiger partial charge is 0.495 e. The standard InChI is InChI=1S/C20H23ClN2O4S/c1-3-4-11-23-18-8-6-15(12-14(18)5-10-20(23)24)22-28(25,26)16-7-9-19(27-2)17(21)13-16/h6-9,12-13,22H,3-5,10-11H2,1-2H3. The monoisotopic (exact) mass is 422 g/mol. The highest BCUT2D eigenvalue weighted by Crippen LogP contribution is 2.32. The zero-order valence-corrected chi connectivity index (χ0v) is 17.4. The van der Waals surface area contributed by atoms with Crippen molar-refractivity contribution in [2.45, 2.75) is 37.5 Å². The maximum Gasteiger partial charge on any atom is 0.261 e. The lowest BCUT2D eigenvalue weighted by Crippen LogP contribution is -2.35. The van der Waals surface area contributed by atoms with E-state index in [9.17, 15) is 13.2 Å². The highest BCUT2D eigenvalue weighted by atomic mass is 35.5. The van der Waals surface area contributed by atoms with E-state index in [1.54, 1.807) is 23.1 Å². The first kappa shape index (κ1) is 20.5. The van der Waals surface area contributed by atoms with Crippen LogP contribution in [0.4, 0.5) is 11.4 Å². The van der Waals surface area contributed by atoms with E-state index in [1.807, 2.05) is 0 Å². The van der Waals surface area contributed by atoms with Gasteiger partial charge < -0.3 is 9.64 Å². The predicted molar refractivity (Wildman–Crippen MR) is 111 cm³/mol. The van der Waals surface area contributed by atoms with Crippen molar-refractivity contribution in [2.24, 2.45) is 0 Å². The predicted octanol–water partition coefficient (Wildman–Crippen LogP) is 4.23. The Bertz CT molecular complexity index is 992. The topological polar surface area (TPSA) is 75.7 Å². The second-order valence-corrected chi connectivity index (χ2v) is 8.73. The van der Waals surface area contributed by atoms with E-state index >= 15 is 0 Å². The van der Waals surface area contributed by atoms with E-state index < -0.39 is 10.0 Å². The van der Waals surface area contributed by atoms with E-state index in [4.69, 9.17) is 16.3 Å². The molecule has 8 heteroatoms. The molecular formula is C20H23ClN2O4S. The number of anilines is 2. The summed E-state index contributed by atoms with van der Waals surface area (Å²) in [5.41, 5.74) is 2.28. The molecular weight excluding hydrogens is 400 g/mol. The highest BCUT2D eigenvalue weighted by Gasteiger charge is 2.24. The first-order valence-corrected chi connectivity index (χ1v) is 11.0. The molecule has 28 heavy (non-hydrogen) atoms. The van der Waals surface area contributed by atoms with Gasteiger partial charge in [0.1, 0.15) is 5.75 Å². The van der Waals surface area contributed by atoms with Crippen molar-refractivity contribution >= 4 is 38.9 Å². The van der Waals surface area contributed by atoms with Gasteiger partial charge in [0, 0.05) is 24.3 Å². The summed E-state index contributed by atoms with van der Waals surface area (Å²) in [6, 6.07) is 9.59. The molecule has 1 aliphatic heterocycles. The molecule has 0 fully saturated rings. The molecule has 0 bridgehead atoms. The summed E-state index contributed by atoms with van der Waals surface area (Å²) >= 11 is 6.05. The number of halogens is 1. The smallest absolute Gasteiger partial charge is 0.261 e. The van der Waals surface area contributed by atoms with Gasteiger partial charge in [-0.25, -0.2) is 8.42 Å². The van der Waals surface area contributed by atoms with Crippen molar-refractivity contribution in [1.82, 2.24) is 0 Å². The van der Waals surface area contributed by atoms with E-state index in [2.05, 4.69) is 11.6 Å². The van der Waals surface area contributed by atoms with Gasteiger partial charge in [0.2, 0.25) is 5.91 Å². The number of hydrogen-bond donors (Lipinski definition) is 1. The number of ether oxygens (including phenoxy) is 1. The number of unbranched alkanes of at least 4 members (excludes halogenated alkanes) is 1. The Morgan fingerprint density at radius 3 is 2.64 bits per heavy atom. The number of carbonyl (C=O) groups excluding carboxylic acids is 1. The Balaban J connectivity index is 1.85. The number of aryl methyl sites for hydroxylation is 1. The molecule has 2 aromatic carbocycles. The second-order valence-electron chi connectivity index (χ2n) is 6.64. The van der Waals surface area contributed by atoms with Crippen molar-refractivity contribution < 1.29 is 17.9 Å². The number of amides is 1. The minimum Gasteiger partial charge on any atom is -0.495 e. The fraction of sp³-hybridized carbons (Fsp3) is 0.350. The number of benzene rings is 2. The summed E-state index contributed by atoms with van der Waals surface area (Å²) in [5.74, 6) is 0.522. The van der Waals surface area contributed by atoms with Crippen LogP contribution in [0.3, 0.4) is 0 Å².